The fraction of sp³-hybridized carbons (Fsp3) is 0.304. The number of para-hydroxylation sites is 1. The standard InChI is InChI=1S/C23H25N7O2/c1-3-30-14-18-19(26-23(31)29-7-9-32-10-8-29)11-17(12-20(18)28-30)25-22-24-13-16-6-4-5-15(2)21(16)27-22/h4-6,11-14H,3,7-10H2,1-2H3,(H,26,31)(H,24,25,27). The molecule has 3 heterocycles. The third-order valence-electron chi connectivity index (χ3n) is 5.61. The minimum absolute atomic E-state index is 0.145. The van der Waals surface area contributed by atoms with Crippen LogP contribution in [0.5, 0.6) is 0 Å². The number of nitrogens with one attached hydrogen (secondary N) is 2. The third-order valence-corrected chi connectivity index (χ3v) is 5.61. The Morgan fingerprint density at radius 1 is 1.22 bits per heavy atom. The van der Waals surface area contributed by atoms with Gasteiger partial charge in [-0.25, -0.2) is 14.8 Å². The molecule has 9 heteroatoms. The molecule has 9 nitrogen and oxygen atoms in total. The van der Waals surface area contributed by atoms with E-state index >= 15 is 0 Å². The largest absolute Gasteiger partial charge is 0.378 e. The minimum Gasteiger partial charge on any atom is -0.378 e. The molecule has 164 valence electrons. The summed E-state index contributed by atoms with van der Waals surface area (Å²) in [5, 5.41) is 12.8. The normalized spacial score (nSPS) is 14.1. The quantitative estimate of drug-likeness (QED) is 0.508. The van der Waals surface area contributed by atoms with Gasteiger partial charge in [0, 0.05) is 48.5 Å². The number of morpholine rings is 1. The van der Waals surface area contributed by atoms with E-state index in [-0.39, 0.29) is 6.03 Å². The molecule has 5 rings (SSSR count). The van der Waals surface area contributed by atoms with Crippen LogP contribution in [0.15, 0.2) is 42.7 Å². The van der Waals surface area contributed by atoms with Crippen LogP contribution >= 0.6 is 0 Å². The Balaban J connectivity index is 1.49. The van der Waals surface area contributed by atoms with Crippen molar-refractivity contribution in [2.45, 2.75) is 20.4 Å². The van der Waals surface area contributed by atoms with Gasteiger partial charge in [0.2, 0.25) is 5.95 Å². The first-order chi connectivity index (χ1) is 15.6. The number of aromatic nitrogens is 4. The summed E-state index contributed by atoms with van der Waals surface area (Å²) in [6.45, 7) is 7.05. The van der Waals surface area contributed by atoms with Crippen LogP contribution in [-0.2, 0) is 11.3 Å². The second kappa shape index (κ2) is 8.43. The Morgan fingerprint density at radius 3 is 2.88 bits per heavy atom. The van der Waals surface area contributed by atoms with Gasteiger partial charge in [-0.3, -0.25) is 4.68 Å². The van der Waals surface area contributed by atoms with E-state index in [9.17, 15) is 4.79 Å². The number of hydrogen-bond acceptors (Lipinski definition) is 6. The van der Waals surface area contributed by atoms with Crippen LogP contribution in [0, 0.1) is 6.92 Å². The summed E-state index contributed by atoms with van der Waals surface area (Å²) in [6.07, 6.45) is 3.76. The number of rotatable bonds is 4. The Morgan fingerprint density at radius 2 is 2.06 bits per heavy atom. The van der Waals surface area contributed by atoms with Crippen molar-refractivity contribution in [3.05, 3.63) is 48.3 Å². The average molecular weight is 432 g/mol. The van der Waals surface area contributed by atoms with Gasteiger partial charge in [-0.1, -0.05) is 18.2 Å². The fourth-order valence-electron chi connectivity index (χ4n) is 3.86. The van der Waals surface area contributed by atoms with E-state index in [1.807, 2.05) is 61.3 Å². The Hall–Kier alpha value is -3.72. The molecule has 2 aromatic carbocycles. The van der Waals surface area contributed by atoms with Crippen LogP contribution in [0.2, 0.25) is 0 Å². The summed E-state index contributed by atoms with van der Waals surface area (Å²) in [5.74, 6) is 0.492. The number of carbonyl (C=O) groups excluding carboxylic acids is 1. The number of ether oxygens (including phenoxy) is 1. The number of hydrogen-bond donors (Lipinski definition) is 2. The smallest absolute Gasteiger partial charge is 0.322 e. The first-order valence-corrected chi connectivity index (χ1v) is 10.7. The zero-order chi connectivity index (χ0) is 22.1. The zero-order valence-corrected chi connectivity index (χ0v) is 18.1. The lowest BCUT2D eigenvalue weighted by Gasteiger charge is -2.27. The highest BCUT2D eigenvalue weighted by molar-refractivity contribution is 6.02. The molecule has 1 aliphatic heterocycles. The minimum atomic E-state index is -0.145. The van der Waals surface area contributed by atoms with Crippen LogP contribution in [0.3, 0.4) is 0 Å². The SMILES string of the molecule is CCn1cc2c(NC(=O)N3CCOCC3)cc(Nc3ncc4cccc(C)c4n3)cc2n1. The van der Waals surface area contributed by atoms with Gasteiger partial charge in [-0.2, -0.15) is 5.10 Å². The van der Waals surface area contributed by atoms with E-state index in [0.29, 0.717) is 37.9 Å². The van der Waals surface area contributed by atoms with Gasteiger partial charge < -0.3 is 20.3 Å². The number of carbonyl (C=O) groups is 1. The molecule has 1 fully saturated rings. The Kier molecular flexibility index (Phi) is 5.32. The van der Waals surface area contributed by atoms with Crippen molar-refractivity contribution in [3.63, 3.8) is 0 Å². The number of nitrogens with zero attached hydrogens (tertiary/aromatic N) is 5. The van der Waals surface area contributed by atoms with Crippen molar-refractivity contribution in [3.8, 4) is 0 Å². The maximum atomic E-state index is 12.8. The van der Waals surface area contributed by atoms with Crippen LogP contribution in [0.4, 0.5) is 22.1 Å². The zero-order valence-electron chi connectivity index (χ0n) is 18.1. The molecular weight excluding hydrogens is 406 g/mol. The van der Waals surface area contributed by atoms with Crippen LogP contribution in [-0.4, -0.2) is 57.0 Å². The lowest BCUT2D eigenvalue weighted by Crippen LogP contribution is -2.43. The molecule has 2 aromatic heterocycles. The number of urea groups is 1. The predicted octanol–water partition coefficient (Wildman–Crippen LogP) is 3.92. The van der Waals surface area contributed by atoms with Crippen LogP contribution in [0.1, 0.15) is 12.5 Å². The van der Waals surface area contributed by atoms with Gasteiger partial charge in [0.25, 0.3) is 0 Å². The molecule has 2 amide bonds. The van der Waals surface area contributed by atoms with Gasteiger partial charge in [0.1, 0.15) is 0 Å². The lowest BCUT2D eigenvalue weighted by atomic mass is 10.1. The van der Waals surface area contributed by atoms with E-state index < -0.39 is 0 Å². The topological polar surface area (TPSA) is 97.2 Å². The van der Waals surface area contributed by atoms with E-state index in [1.165, 1.54) is 0 Å². The highest BCUT2D eigenvalue weighted by Gasteiger charge is 2.19. The second-order valence-corrected chi connectivity index (χ2v) is 7.80. The van der Waals surface area contributed by atoms with Crippen molar-refractivity contribution in [2.75, 3.05) is 36.9 Å². The Bertz CT molecular complexity index is 1290. The summed E-state index contributed by atoms with van der Waals surface area (Å²) in [4.78, 5) is 23.7. The van der Waals surface area contributed by atoms with Gasteiger partial charge in [-0.05, 0) is 31.5 Å². The van der Waals surface area contributed by atoms with E-state index in [2.05, 4.69) is 25.7 Å². The van der Waals surface area contributed by atoms with Gasteiger partial charge in [0.05, 0.1) is 29.9 Å². The van der Waals surface area contributed by atoms with Gasteiger partial charge in [-0.15, -0.1) is 0 Å². The molecule has 0 atom stereocenters. The molecule has 32 heavy (non-hydrogen) atoms. The van der Waals surface area contributed by atoms with Crippen molar-refractivity contribution in [1.82, 2.24) is 24.6 Å². The molecule has 0 saturated carbocycles. The monoisotopic (exact) mass is 431 g/mol. The van der Waals surface area contributed by atoms with Crippen molar-refractivity contribution in [1.29, 1.82) is 0 Å². The highest BCUT2D eigenvalue weighted by Crippen LogP contribution is 2.29. The molecule has 1 aliphatic rings. The number of fused-ring (bicyclic) bond motifs is 2. The molecule has 0 unspecified atom stereocenters. The van der Waals surface area contributed by atoms with Gasteiger partial charge >= 0.3 is 6.03 Å². The number of amides is 2. The number of aryl methyl sites for hydroxylation is 2. The van der Waals surface area contributed by atoms with E-state index in [1.54, 1.807) is 4.90 Å². The van der Waals surface area contributed by atoms with Crippen molar-refractivity contribution in [2.24, 2.45) is 0 Å². The fourth-order valence-corrected chi connectivity index (χ4v) is 3.86. The molecule has 0 aliphatic carbocycles. The van der Waals surface area contributed by atoms with E-state index in [0.717, 1.165) is 39.6 Å². The van der Waals surface area contributed by atoms with Crippen LogP contribution < -0.4 is 10.6 Å². The molecule has 0 bridgehead atoms. The highest BCUT2D eigenvalue weighted by atomic mass is 16.5. The van der Waals surface area contributed by atoms with E-state index in [4.69, 9.17) is 4.74 Å². The molecule has 0 radical (unpaired) electrons. The maximum Gasteiger partial charge on any atom is 0.322 e. The molecule has 1 saturated heterocycles. The predicted molar refractivity (Wildman–Crippen MR) is 124 cm³/mol. The van der Waals surface area contributed by atoms with Gasteiger partial charge in [0.15, 0.2) is 0 Å². The number of benzene rings is 2. The summed E-state index contributed by atoms with van der Waals surface area (Å²) < 4.78 is 7.21. The summed E-state index contributed by atoms with van der Waals surface area (Å²) in [6, 6.07) is 9.71. The first kappa shape index (κ1) is 20.2. The molecular formula is C23H25N7O2. The first-order valence-electron chi connectivity index (χ1n) is 10.7. The average Bonchev–Trinajstić information content (AvgIpc) is 3.24. The van der Waals surface area contributed by atoms with Crippen molar-refractivity contribution >= 4 is 45.2 Å². The molecule has 2 N–H and O–H groups in total. The summed E-state index contributed by atoms with van der Waals surface area (Å²) >= 11 is 0. The maximum absolute atomic E-state index is 12.8. The summed E-state index contributed by atoms with van der Waals surface area (Å²) in [5.41, 5.74) is 4.22. The van der Waals surface area contributed by atoms with Crippen LogP contribution in [0.25, 0.3) is 21.8 Å². The van der Waals surface area contributed by atoms with Crippen molar-refractivity contribution < 1.29 is 9.53 Å². The molecule has 4 aromatic rings. The third kappa shape index (κ3) is 3.94. The number of anilines is 3. The second-order valence-electron chi connectivity index (χ2n) is 7.80. The Labute approximate surface area is 185 Å². The summed E-state index contributed by atoms with van der Waals surface area (Å²) in [7, 11) is 0. The lowest BCUT2D eigenvalue weighted by molar-refractivity contribution is 0.0565. The molecule has 0 spiro atoms.